The molecule has 94 valence electrons. The van der Waals surface area contributed by atoms with Crippen molar-refractivity contribution in [1.29, 1.82) is 0 Å². The lowest BCUT2D eigenvalue weighted by Crippen LogP contribution is -2.20. The Hall–Kier alpha value is -1.82. The zero-order valence-corrected chi connectivity index (χ0v) is 10.5. The maximum Gasteiger partial charge on any atom is 0.156 e. The first-order valence-corrected chi connectivity index (χ1v) is 7.50. The Morgan fingerprint density at radius 3 is 2.83 bits per heavy atom. The Labute approximate surface area is 105 Å². The first-order chi connectivity index (χ1) is 8.57. The lowest BCUT2D eigenvalue weighted by atomic mass is 10.2. The van der Waals surface area contributed by atoms with Crippen LogP contribution in [0.2, 0.25) is 0 Å². The van der Waals surface area contributed by atoms with E-state index >= 15 is 0 Å². The molecule has 5 nitrogen and oxygen atoms in total. The summed E-state index contributed by atoms with van der Waals surface area (Å²) in [5, 5.41) is 4.27. The van der Waals surface area contributed by atoms with E-state index < -0.39 is 9.84 Å². The van der Waals surface area contributed by atoms with E-state index in [0.29, 0.717) is 12.1 Å². The number of fused-ring (bicyclic) bond motifs is 1. The van der Waals surface area contributed by atoms with Crippen molar-refractivity contribution in [2.45, 2.75) is 12.2 Å². The molecule has 3 rings (SSSR count). The van der Waals surface area contributed by atoms with Gasteiger partial charge in [-0.25, -0.2) is 13.1 Å². The van der Waals surface area contributed by atoms with Gasteiger partial charge < -0.3 is 5.73 Å². The molecule has 0 amide bonds. The Balaban J connectivity index is 2.17. The van der Waals surface area contributed by atoms with E-state index in [-0.39, 0.29) is 11.5 Å². The zero-order chi connectivity index (χ0) is 12.8. The molecule has 0 spiro atoms. The largest absolute Gasteiger partial charge is 0.397 e. The molecule has 1 aliphatic heterocycles. The van der Waals surface area contributed by atoms with Crippen LogP contribution >= 0.6 is 0 Å². The van der Waals surface area contributed by atoms with Crippen LogP contribution in [0.1, 0.15) is 11.3 Å². The highest BCUT2D eigenvalue weighted by Crippen LogP contribution is 2.25. The number of nitrogens with two attached hydrogens (primary N) is 1. The normalized spacial score (nSPS) is 17.3. The summed E-state index contributed by atoms with van der Waals surface area (Å²) in [5.41, 5.74) is 8.95. The SMILES string of the molecule is Nc1ccccc1-n1ncc2c1CS(=O)(=O)CC2. The number of nitrogens with zero attached hydrogens (tertiary/aromatic N) is 2. The second kappa shape index (κ2) is 3.84. The molecule has 0 unspecified atom stereocenters. The highest BCUT2D eigenvalue weighted by molar-refractivity contribution is 7.90. The van der Waals surface area contributed by atoms with Gasteiger partial charge in [0.2, 0.25) is 0 Å². The van der Waals surface area contributed by atoms with Crippen LogP contribution in [0.5, 0.6) is 0 Å². The Morgan fingerprint density at radius 1 is 1.28 bits per heavy atom. The second-order valence-electron chi connectivity index (χ2n) is 4.43. The molecule has 1 aliphatic rings. The number of rotatable bonds is 1. The third-order valence-corrected chi connectivity index (χ3v) is 4.70. The van der Waals surface area contributed by atoms with Gasteiger partial charge in [-0.1, -0.05) is 12.1 Å². The lowest BCUT2D eigenvalue weighted by molar-refractivity contribution is 0.589. The number of anilines is 1. The fourth-order valence-corrected chi connectivity index (χ4v) is 3.60. The van der Waals surface area contributed by atoms with Gasteiger partial charge in [-0.15, -0.1) is 0 Å². The van der Waals surface area contributed by atoms with E-state index in [1.807, 2.05) is 18.2 Å². The van der Waals surface area contributed by atoms with Gasteiger partial charge in [0, 0.05) is 0 Å². The minimum atomic E-state index is -3.01. The highest BCUT2D eigenvalue weighted by atomic mass is 32.2. The molecule has 0 fully saturated rings. The van der Waals surface area contributed by atoms with Gasteiger partial charge in [-0.3, -0.25) is 0 Å². The van der Waals surface area contributed by atoms with Crippen molar-refractivity contribution >= 4 is 15.5 Å². The number of hydrogen-bond acceptors (Lipinski definition) is 4. The summed E-state index contributed by atoms with van der Waals surface area (Å²) in [6.07, 6.45) is 2.26. The summed E-state index contributed by atoms with van der Waals surface area (Å²) in [6.45, 7) is 0. The van der Waals surface area contributed by atoms with Crippen molar-refractivity contribution in [2.24, 2.45) is 0 Å². The van der Waals surface area contributed by atoms with E-state index in [1.165, 1.54) is 0 Å². The molecule has 2 N–H and O–H groups in total. The van der Waals surface area contributed by atoms with Crippen molar-refractivity contribution in [3.8, 4) is 5.69 Å². The molecule has 1 aromatic heterocycles. The Bertz CT molecular complexity index is 704. The number of benzene rings is 1. The molecule has 18 heavy (non-hydrogen) atoms. The summed E-state index contributed by atoms with van der Waals surface area (Å²) >= 11 is 0. The molecule has 0 bridgehead atoms. The number of para-hydroxylation sites is 2. The van der Waals surface area contributed by atoms with Crippen LogP contribution in [-0.2, 0) is 22.0 Å². The molecule has 0 saturated heterocycles. The van der Waals surface area contributed by atoms with Crippen LogP contribution in [0.25, 0.3) is 5.69 Å². The molecule has 0 aliphatic carbocycles. The van der Waals surface area contributed by atoms with Gasteiger partial charge in [0.15, 0.2) is 9.84 Å². The van der Waals surface area contributed by atoms with Gasteiger partial charge in [0.05, 0.1) is 34.8 Å². The minimum Gasteiger partial charge on any atom is -0.397 e. The quantitative estimate of drug-likeness (QED) is 0.776. The average Bonchev–Trinajstić information content (AvgIpc) is 2.71. The summed E-state index contributed by atoms with van der Waals surface area (Å²) in [6, 6.07) is 7.31. The molecular formula is C12H13N3O2S. The van der Waals surface area contributed by atoms with E-state index in [2.05, 4.69) is 5.10 Å². The van der Waals surface area contributed by atoms with E-state index in [4.69, 9.17) is 5.73 Å². The summed E-state index contributed by atoms with van der Waals surface area (Å²) in [5.74, 6) is 0.243. The van der Waals surface area contributed by atoms with Crippen molar-refractivity contribution in [1.82, 2.24) is 9.78 Å². The topological polar surface area (TPSA) is 78.0 Å². The Kier molecular flexibility index (Phi) is 2.41. The molecule has 0 radical (unpaired) electrons. The number of sulfone groups is 1. The molecule has 0 atom stereocenters. The van der Waals surface area contributed by atoms with E-state index in [1.54, 1.807) is 16.9 Å². The smallest absolute Gasteiger partial charge is 0.156 e. The summed E-state index contributed by atoms with van der Waals surface area (Å²) < 4.78 is 25.1. The van der Waals surface area contributed by atoms with Crippen LogP contribution in [-0.4, -0.2) is 24.0 Å². The molecule has 1 aromatic carbocycles. The van der Waals surface area contributed by atoms with Gasteiger partial charge in [-0.05, 0) is 24.1 Å². The highest BCUT2D eigenvalue weighted by Gasteiger charge is 2.26. The summed E-state index contributed by atoms with van der Waals surface area (Å²) in [7, 11) is -3.01. The van der Waals surface area contributed by atoms with Crippen LogP contribution < -0.4 is 5.73 Å². The van der Waals surface area contributed by atoms with Crippen LogP contribution in [0.4, 0.5) is 5.69 Å². The van der Waals surface area contributed by atoms with Gasteiger partial charge in [0.1, 0.15) is 0 Å². The van der Waals surface area contributed by atoms with Crippen LogP contribution in [0, 0.1) is 0 Å². The van der Waals surface area contributed by atoms with Gasteiger partial charge >= 0.3 is 0 Å². The summed E-state index contributed by atoms with van der Waals surface area (Å²) in [4.78, 5) is 0. The fraction of sp³-hybridized carbons (Fsp3) is 0.250. The lowest BCUT2D eigenvalue weighted by Gasteiger charge is -2.15. The van der Waals surface area contributed by atoms with Gasteiger partial charge in [0.25, 0.3) is 0 Å². The molecular weight excluding hydrogens is 250 g/mol. The Morgan fingerprint density at radius 2 is 2.06 bits per heavy atom. The van der Waals surface area contributed by atoms with E-state index in [0.717, 1.165) is 16.9 Å². The number of nitrogen functional groups attached to an aromatic ring is 1. The average molecular weight is 263 g/mol. The van der Waals surface area contributed by atoms with Crippen molar-refractivity contribution < 1.29 is 8.42 Å². The maximum absolute atomic E-state index is 11.7. The minimum absolute atomic E-state index is 0.0384. The third kappa shape index (κ3) is 1.78. The number of hydrogen-bond donors (Lipinski definition) is 1. The van der Waals surface area contributed by atoms with E-state index in [9.17, 15) is 8.42 Å². The fourth-order valence-electron chi connectivity index (χ4n) is 2.20. The number of aryl methyl sites for hydroxylation is 1. The second-order valence-corrected chi connectivity index (χ2v) is 6.61. The first kappa shape index (κ1) is 11.3. The molecule has 6 heteroatoms. The number of aromatic nitrogens is 2. The molecule has 2 heterocycles. The molecule has 0 saturated carbocycles. The maximum atomic E-state index is 11.7. The monoisotopic (exact) mass is 263 g/mol. The zero-order valence-electron chi connectivity index (χ0n) is 9.70. The van der Waals surface area contributed by atoms with Crippen molar-refractivity contribution in [3.63, 3.8) is 0 Å². The van der Waals surface area contributed by atoms with Crippen molar-refractivity contribution in [3.05, 3.63) is 41.7 Å². The van der Waals surface area contributed by atoms with Gasteiger partial charge in [-0.2, -0.15) is 5.10 Å². The molecule has 2 aromatic rings. The standard InChI is InChI=1S/C12H13N3O2S/c13-10-3-1-2-4-11(10)15-12-8-18(16,17)6-5-9(12)7-14-15/h1-4,7H,5-6,8,13H2. The van der Waals surface area contributed by atoms with Crippen LogP contribution in [0.3, 0.4) is 0 Å². The predicted molar refractivity (Wildman–Crippen MR) is 69.2 cm³/mol. The van der Waals surface area contributed by atoms with Crippen molar-refractivity contribution in [2.75, 3.05) is 11.5 Å². The third-order valence-electron chi connectivity index (χ3n) is 3.16. The first-order valence-electron chi connectivity index (χ1n) is 5.68. The predicted octanol–water partition coefficient (Wildman–Crippen LogP) is 0.925. The van der Waals surface area contributed by atoms with Crippen LogP contribution in [0.15, 0.2) is 30.5 Å².